The predicted octanol–water partition coefficient (Wildman–Crippen LogP) is 2.21. The van der Waals surface area contributed by atoms with Crippen molar-refractivity contribution in [1.29, 1.82) is 0 Å². The molecule has 2 aliphatic carbocycles. The second-order valence-electron chi connectivity index (χ2n) is 4.64. The Bertz CT molecular complexity index is 479. The van der Waals surface area contributed by atoms with Crippen LogP contribution in [-0.4, -0.2) is 33.7 Å². The number of hydrogen-bond acceptors (Lipinski definition) is 3. The van der Waals surface area contributed by atoms with Gasteiger partial charge < -0.3 is 0 Å². The number of carbonyl (C=O) groups is 2. The third-order valence-corrected chi connectivity index (χ3v) is 6.33. The molecule has 98 valence electrons. The fourth-order valence-corrected chi connectivity index (χ4v) is 5.05. The van der Waals surface area contributed by atoms with Crippen LogP contribution in [0.4, 0.5) is 0 Å². The van der Waals surface area contributed by atoms with Gasteiger partial charge >= 0.3 is 0 Å². The van der Waals surface area contributed by atoms with Crippen LogP contribution in [0.1, 0.15) is 6.42 Å². The Morgan fingerprint density at radius 2 is 1.50 bits per heavy atom. The van der Waals surface area contributed by atoms with E-state index in [0.29, 0.717) is 5.06 Å². The molecule has 0 aromatic heterocycles. The maximum atomic E-state index is 12.1. The van der Waals surface area contributed by atoms with Gasteiger partial charge in [-0.3, -0.25) is 14.4 Å². The van der Waals surface area contributed by atoms with Crippen LogP contribution in [-0.2, 0) is 14.4 Å². The van der Waals surface area contributed by atoms with Gasteiger partial charge in [-0.05, 0) is 6.42 Å². The molecule has 8 heteroatoms. The monoisotopic (exact) mass is 329 g/mol. The number of alkyl halides is 2. The zero-order chi connectivity index (χ0) is 13.5. The summed E-state index contributed by atoms with van der Waals surface area (Å²) < 4.78 is 0. The highest BCUT2D eigenvalue weighted by atomic mass is 35.5. The van der Waals surface area contributed by atoms with E-state index in [9.17, 15) is 9.59 Å². The standard InChI is InChI=1S/C10H7Cl4NO3/c1-18-15-7(16)3-4(8(15)17)10(14)2-9(3,13)5(11)6(10)12/h3-4H,2H2,1H3. The van der Waals surface area contributed by atoms with Crippen LogP contribution in [0, 0.1) is 11.8 Å². The molecule has 0 aromatic rings. The molecule has 3 rings (SSSR count). The summed E-state index contributed by atoms with van der Waals surface area (Å²) in [5.41, 5.74) is 0. The number of halogens is 4. The highest BCUT2D eigenvalue weighted by molar-refractivity contribution is 6.52. The minimum absolute atomic E-state index is 0.154. The minimum Gasteiger partial charge on any atom is -0.272 e. The number of allylic oxidation sites excluding steroid dienone is 2. The second kappa shape index (κ2) is 3.55. The molecule has 0 aromatic carbocycles. The van der Waals surface area contributed by atoms with Crippen molar-refractivity contribution in [2.75, 3.05) is 7.11 Å². The lowest BCUT2D eigenvalue weighted by molar-refractivity contribution is -0.181. The average Bonchev–Trinajstić information content (AvgIpc) is 2.78. The van der Waals surface area contributed by atoms with Gasteiger partial charge in [0, 0.05) is 0 Å². The molecule has 4 nitrogen and oxygen atoms in total. The molecule has 1 heterocycles. The molecule has 3 aliphatic rings. The average molecular weight is 331 g/mol. The third kappa shape index (κ3) is 1.15. The maximum absolute atomic E-state index is 12.1. The fourth-order valence-electron chi connectivity index (χ4n) is 3.13. The molecule has 2 fully saturated rings. The van der Waals surface area contributed by atoms with Crippen molar-refractivity contribution in [3.8, 4) is 0 Å². The normalized spacial score (nSPS) is 46.4. The number of hydroxylamine groups is 2. The van der Waals surface area contributed by atoms with Gasteiger partial charge in [0.05, 0.1) is 38.8 Å². The summed E-state index contributed by atoms with van der Waals surface area (Å²) in [4.78, 5) is 26.6. The van der Waals surface area contributed by atoms with Crippen molar-refractivity contribution in [3.63, 3.8) is 0 Å². The van der Waals surface area contributed by atoms with Crippen molar-refractivity contribution in [2.24, 2.45) is 11.8 Å². The molecule has 1 saturated carbocycles. The smallest absolute Gasteiger partial charge is 0.259 e. The van der Waals surface area contributed by atoms with Gasteiger partial charge in [-0.2, -0.15) is 5.06 Å². The third-order valence-electron chi connectivity index (χ3n) is 3.87. The molecule has 1 aliphatic heterocycles. The first-order valence-corrected chi connectivity index (χ1v) is 6.66. The van der Waals surface area contributed by atoms with E-state index in [4.69, 9.17) is 51.2 Å². The van der Waals surface area contributed by atoms with E-state index >= 15 is 0 Å². The summed E-state index contributed by atoms with van der Waals surface area (Å²) in [6.07, 6.45) is 0.172. The summed E-state index contributed by atoms with van der Waals surface area (Å²) in [7, 11) is 1.23. The van der Waals surface area contributed by atoms with Crippen LogP contribution in [0.25, 0.3) is 0 Å². The molecular weight excluding hydrogens is 324 g/mol. The summed E-state index contributed by atoms with van der Waals surface area (Å²) in [5, 5.41) is 0.991. The molecule has 2 bridgehead atoms. The fraction of sp³-hybridized carbons (Fsp3) is 0.600. The lowest BCUT2D eigenvalue weighted by Crippen LogP contribution is -2.38. The Kier molecular flexibility index (Phi) is 2.57. The van der Waals surface area contributed by atoms with Crippen molar-refractivity contribution >= 4 is 58.2 Å². The van der Waals surface area contributed by atoms with Crippen LogP contribution in [0.5, 0.6) is 0 Å². The number of fused-ring (bicyclic) bond motifs is 5. The summed E-state index contributed by atoms with van der Waals surface area (Å²) in [6, 6.07) is 0. The van der Waals surface area contributed by atoms with Crippen LogP contribution in [0.2, 0.25) is 0 Å². The topological polar surface area (TPSA) is 46.6 Å². The van der Waals surface area contributed by atoms with Gasteiger partial charge in [0.2, 0.25) is 0 Å². The summed E-state index contributed by atoms with van der Waals surface area (Å²) >= 11 is 24.9. The van der Waals surface area contributed by atoms with E-state index in [1.54, 1.807) is 0 Å². The summed E-state index contributed by atoms with van der Waals surface area (Å²) in [6.45, 7) is 0. The number of rotatable bonds is 1. The van der Waals surface area contributed by atoms with Crippen molar-refractivity contribution < 1.29 is 14.4 Å². The number of amides is 2. The second-order valence-corrected chi connectivity index (χ2v) is 6.74. The van der Waals surface area contributed by atoms with E-state index in [1.807, 2.05) is 0 Å². The van der Waals surface area contributed by atoms with E-state index in [-0.39, 0.29) is 16.5 Å². The first kappa shape index (κ1) is 13.0. The molecule has 4 atom stereocenters. The van der Waals surface area contributed by atoms with E-state index in [1.165, 1.54) is 7.11 Å². The highest BCUT2D eigenvalue weighted by Crippen LogP contribution is 2.69. The van der Waals surface area contributed by atoms with Gasteiger partial charge in [-0.25, -0.2) is 0 Å². The first-order valence-electron chi connectivity index (χ1n) is 5.15. The van der Waals surface area contributed by atoms with Gasteiger partial charge in [0.1, 0.15) is 0 Å². The zero-order valence-corrected chi connectivity index (χ0v) is 12.1. The van der Waals surface area contributed by atoms with E-state index in [2.05, 4.69) is 0 Å². The Balaban J connectivity index is 2.20. The Morgan fingerprint density at radius 1 is 1.11 bits per heavy atom. The molecule has 0 N–H and O–H groups in total. The van der Waals surface area contributed by atoms with Gasteiger partial charge in [-0.1, -0.05) is 23.2 Å². The van der Waals surface area contributed by atoms with Gasteiger partial charge in [0.15, 0.2) is 0 Å². The highest BCUT2D eigenvalue weighted by Gasteiger charge is 2.76. The van der Waals surface area contributed by atoms with E-state index < -0.39 is 33.4 Å². The lowest BCUT2D eigenvalue weighted by atomic mass is 9.84. The van der Waals surface area contributed by atoms with Crippen molar-refractivity contribution in [3.05, 3.63) is 10.1 Å². The maximum Gasteiger partial charge on any atom is 0.259 e. The van der Waals surface area contributed by atoms with Gasteiger partial charge in [0.25, 0.3) is 11.8 Å². The Morgan fingerprint density at radius 3 is 1.83 bits per heavy atom. The van der Waals surface area contributed by atoms with Crippen LogP contribution in [0.15, 0.2) is 10.1 Å². The summed E-state index contributed by atoms with van der Waals surface area (Å²) in [5.74, 6) is -2.68. The van der Waals surface area contributed by atoms with Crippen molar-refractivity contribution in [1.82, 2.24) is 5.06 Å². The SMILES string of the molecule is CON1C(=O)C2C(C1=O)C1(Cl)CC2(Cl)C(Cl)=C1Cl. The molecule has 18 heavy (non-hydrogen) atoms. The minimum atomic E-state index is -1.20. The molecule has 2 amide bonds. The number of carbonyl (C=O) groups excluding carboxylic acids is 2. The Hall–Kier alpha value is -0.000000000000000167. The van der Waals surface area contributed by atoms with Crippen molar-refractivity contribution in [2.45, 2.75) is 16.2 Å². The molecule has 0 radical (unpaired) electrons. The predicted molar refractivity (Wildman–Crippen MR) is 66.4 cm³/mol. The Labute approximate surface area is 123 Å². The first-order chi connectivity index (χ1) is 8.29. The largest absolute Gasteiger partial charge is 0.272 e. The molecule has 1 saturated heterocycles. The van der Waals surface area contributed by atoms with Crippen LogP contribution < -0.4 is 0 Å². The van der Waals surface area contributed by atoms with E-state index in [0.717, 1.165) is 0 Å². The van der Waals surface area contributed by atoms with Crippen LogP contribution in [0.3, 0.4) is 0 Å². The zero-order valence-electron chi connectivity index (χ0n) is 9.05. The molecule has 0 spiro atoms. The number of nitrogens with zero attached hydrogens (tertiary/aromatic N) is 1. The number of hydrogen-bond donors (Lipinski definition) is 0. The molecular formula is C10H7Cl4NO3. The van der Waals surface area contributed by atoms with Gasteiger partial charge in [-0.15, -0.1) is 23.2 Å². The van der Waals surface area contributed by atoms with Crippen LogP contribution >= 0.6 is 46.4 Å². The molecule has 4 unspecified atom stereocenters. The quantitative estimate of drug-likeness (QED) is 0.547. The lowest BCUT2D eigenvalue weighted by Gasteiger charge is -2.28. The number of imide groups is 1.